The van der Waals surface area contributed by atoms with Gasteiger partial charge in [0.25, 0.3) is 5.91 Å². The highest BCUT2D eigenvalue weighted by atomic mass is 35.5. The second kappa shape index (κ2) is 8.93. The fourth-order valence-electron chi connectivity index (χ4n) is 4.23. The molecule has 0 unspecified atom stereocenters. The predicted octanol–water partition coefficient (Wildman–Crippen LogP) is 4.92. The molecule has 1 heterocycles. The topological polar surface area (TPSA) is 76.1 Å². The minimum atomic E-state index is -1.01. The zero-order chi connectivity index (χ0) is 22.8. The van der Waals surface area contributed by atoms with Gasteiger partial charge in [-0.1, -0.05) is 48.0 Å². The number of rotatable bonds is 6. The maximum absolute atomic E-state index is 13.6. The lowest BCUT2D eigenvalue weighted by Gasteiger charge is -2.41. The van der Waals surface area contributed by atoms with E-state index in [9.17, 15) is 14.7 Å². The Hall–Kier alpha value is -3.51. The molecule has 1 aliphatic heterocycles. The molecule has 4 rings (SSSR count). The summed E-state index contributed by atoms with van der Waals surface area (Å²) in [6, 6.07) is 18.5. The van der Waals surface area contributed by atoms with Gasteiger partial charge < -0.3 is 19.5 Å². The average molecular weight is 452 g/mol. The molecule has 0 bridgehead atoms. The van der Waals surface area contributed by atoms with Crippen molar-refractivity contribution in [2.24, 2.45) is 0 Å². The molecule has 1 aliphatic rings. The Morgan fingerprint density at radius 3 is 2.34 bits per heavy atom. The van der Waals surface area contributed by atoms with Crippen LogP contribution in [-0.4, -0.2) is 36.1 Å². The minimum absolute atomic E-state index is 0.229. The van der Waals surface area contributed by atoms with Crippen molar-refractivity contribution in [2.45, 2.75) is 18.5 Å². The first-order chi connectivity index (χ1) is 15.4. The SMILES string of the molecule is COc1ccc([C@@H]2[C@@H](C(=O)O)c3ccccc3C(=O)N2Cc2ccc(Cl)cc2)cc1OC. The van der Waals surface area contributed by atoms with E-state index in [-0.39, 0.29) is 12.5 Å². The van der Waals surface area contributed by atoms with Gasteiger partial charge in [0, 0.05) is 17.1 Å². The van der Waals surface area contributed by atoms with Gasteiger partial charge in [-0.15, -0.1) is 0 Å². The van der Waals surface area contributed by atoms with E-state index >= 15 is 0 Å². The standard InChI is InChI=1S/C25H22ClNO5/c1-31-20-12-9-16(13-21(20)32-2)23-22(25(29)30)18-5-3-4-6-19(18)24(28)27(23)14-15-7-10-17(26)11-8-15/h3-13,22-23H,14H2,1-2H3,(H,29,30)/t22-,23+/m0/s1. The van der Waals surface area contributed by atoms with E-state index in [1.165, 1.54) is 14.2 Å². The number of carboxylic acid groups (broad SMARTS) is 1. The van der Waals surface area contributed by atoms with Gasteiger partial charge in [-0.05, 0) is 47.0 Å². The van der Waals surface area contributed by atoms with Gasteiger partial charge in [-0.25, -0.2) is 0 Å². The maximum Gasteiger partial charge on any atom is 0.313 e. The third-order valence-corrected chi connectivity index (χ3v) is 5.97. The van der Waals surface area contributed by atoms with E-state index in [0.29, 0.717) is 33.2 Å². The number of hydrogen-bond donors (Lipinski definition) is 1. The lowest BCUT2D eigenvalue weighted by molar-refractivity contribution is -0.140. The monoisotopic (exact) mass is 451 g/mol. The van der Waals surface area contributed by atoms with Crippen LogP contribution in [0.5, 0.6) is 11.5 Å². The van der Waals surface area contributed by atoms with Gasteiger partial charge in [-0.3, -0.25) is 9.59 Å². The van der Waals surface area contributed by atoms with Crippen molar-refractivity contribution < 1.29 is 24.2 Å². The molecule has 0 aliphatic carbocycles. The molecule has 0 saturated heterocycles. The lowest BCUT2D eigenvalue weighted by atomic mass is 9.79. The summed E-state index contributed by atoms with van der Waals surface area (Å²) >= 11 is 6.02. The second-order valence-electron chi connectivity index (χ2n) is 7.52. The molecule has 1 N–H and O–H groups in total. The quantitative estimate of drug-likeness (QED) is 0.575. The van der Waals surface area contributed by atoms with Crippen LogP contribution in [0.2, 0.25) is 5.02 Å². The molecule has 164 valence electrons. The molecule has 0 fully saturated rings. The number of methoxy groups -OCH3 is 2. The van der Waals surface area contributed by atoms with Gasteiger partial charge in [0.05, 0.1) is 20.3 Å². The van der Waals surface area contributed by atoms with Crippen LogP contribution in [0.3, 0.4) is 0 Å². The molecular formula is C25H22ClNO5. The molecule has 0 radical (unpaired) electrons. The van der Waals surface area contributed by atoms with Crippen LogP contribution in [0.15, 0.2) is 66.7 Å². The number of hydrogen-bond acceptors (Lipinski definition) is 4. The largest absolute Gasteiger partial charge is 0.493 e. The third kappa shape index (κ3) is 3.89. The van der Waals surface area contributed by atoms with E-state index in [0.717, 1.165) is 5.56 Å². The molecule has 0 saturated carbocycles. The number of halogens is 1. The van der Waals surface area contributed by atoms with Crippen LogP contribution < -0.4 is 9.47 Å². The Bertz CT molecular complexity index is 1160. The summed E-state index contributed by atoms with van der Waals surface area (Å²) in [6.07, 6.45) is 0. The summed E-state index contributed by atoms with van der Waals surface area (Å²) in [4.78, 5) is 27.7. The summed E-state index contributed by atoms with van der Waals surface area (Å²) in [6.45, 7) is 0.229. The number of fused-ring (bicyclic) bond motifs is 1. The number of benzene rings is 3. The van der Waals surface area contributed by atoms with Gasteiger partial charge in [0.15, 0.2) is 11.5 Å². The first-order valence-corrected chi connectivity index (χ1v) is 10.4. The highest BCUT2D eigenvalue weighted by Crippen LogP contribution is 2.45. The van der Waals surface area contributed by atoms with Gasteiger partial charge in [0.2, 0.25) is 0 Å². The normalized spacial score (nSPS) is 17.6. The number of carboxylic acids is 1. The molecule has 0 aromatic heterocycles. The summed E-state index contributed by atoms with van der Waals surface area (Å²) in [5, 5.41) is 10.8. The van der Waals surface area contributed by atoms with Crippen LogP contribution in [0, 0.1) is 0 Å². The number of nitrogens with zero attached hydrogens (tertiary/aromatic N) is 1. The van der Waals surface area contributed by atoms with E-state index in [2.05, 4.69) is 0 Å². The third-order valence-electron chi connectivity index (χ3n) is 5.72. The molecule has 2 atom stereocenters. The summed E-state index contributed by atoms with van der Waals surface area (Å²) in [7, 11) is 3.05. The Morgan fingerprint density at radius 2 is 1.69 bits per heavy atom. The highest BCUT2D eigenvalue weighted by molar-refractivity contribution is 6.30. The summed E-state index contributed by atoms with van der Waals surface area (Å²) in [5.41, 5.74) is 2.38. The van der Waals surface area contributed by atoms with Crippen LogP contribution >= 0.6 is 11.6 Å². The fourth-order valence-corrected chi connectivity index (χ4v) is 4.35. The van der Waals surface area contributed by atoms with Crippen LogP contribution in [0.4, 0.5) is 0 Å². The molecule has 6 nitrogen and oxygen atoms in total. The number of carbonyl (C=O) groups is 2. The number of ether oxygens (including phenoxy) is 2. The summed E-state index contributed by atoms with van der Waals surface area (Å²) in [5.74, 6) is -1.20. The molecule has 32 heavy (non-hydrogen) atoms. The molecule has 3 aromatic carbocycles. The average Bonchev–Trinajstić information content (AvgIpc) is 2.81. The Labute approximate surface area is 191 Å². The second-order valence-corrected chi connectivity index (χ2v) is 7.96. The van der Waals surface area contributed by atoms with Crippen molar-refractivity contribution in [3.05, 3.63) is 94.0 Å². The van der Waals surface area contributed by atoms with Crippen LogP contribution in [0.25, 0.3) is 0 Å². The Kier molecular flexibility index (Phi) is 6.06. The summed E-state index contributed by atoms with van der Waals surface area (Å²) < 4.78 is 10.8. The molecule has 7 heteroatoms. The van der Waals surface area contributed by atoms with E-state index < -0.39 is 17.9 Å². The van der Waals surface area contributed by atoms with Crippen molar-refractivity contribution >= 4 is 23.5 Å². The molecule has 1 amide bonds. The minimum Gasteiger partial charge on any atom is -0.493 e. The zero-order valence-corrected chi connectivity index (χ0v) is 18.4. The molecule has 0 spiro atoms. The van der Waals surface area contributed by atoms with Crippen molar-refractivity contribution in [1.82, 2.24) is 4.90 Å². The van der Waals surface area contributed by atoms with Gasteiger partial charge in [-0.2, -0.15) is 0 Å². The van der Waals surface area contributed by atoms with Crippen molar-refractivity contribution in [2.75, 3.05) is 14.2 Å². The van der Waals surface area contributed by atoms with Gasteiger partial charge in [0.1, 0.15) is 5.92 Å². The van der Waals surface area contributed by atoms with E-state index in [1.54, 1.807) is 59.5 Å². The molecular weight excluding hydrogens is 430 g/mol. The van der Waals surface area contributed by atoms with Crippen molar-refractivity contribution in [1.29, 1.82) is 0 Å². The van der Waals surface area contributed by atoms with Crippen molar-refractivity contribution in [3.8, 4) is 11.5 Å². The Balaban J connectivity index is 1.89. The smallest absolute Gasteiger partial charge is 0.313 e. The number of carbonyl (C=O) groups excluding carboxylic acids is 1. The van der Waals surface area contributed by atoms with Crippen LogP contribution in [0.1, 0.15) is 39.0 Å². The van der Waals surface area contributed by atoms with Crippen molar-refractivity contribution in [3.63, 3.8) is 0 Å². The maximum atomic E-state index is 13.6. The first-order valence-electron chi connectivity index (χ1n) is 10.0. The predicted molar refractivity (Wildman–Crippen MR) is 120 cm³/mol. The van der Waals surface area contributed by atoms with E-state index in [1.807, 2.05) is 12.1 Å². The Morgan fingerprint density at radius 1 is 1.00 bits per heavy atom. The zero-order valence-electron chi connectivity index (χ0n) is 17.6. The fraction of sp³-hybridized carbons (Fsp3) is 0.200. The number of amides is 1. The first kappa shape index (κ1) is 21.7. The van der Waals surface area contributed by atoms with E-state index in [4.69, 9.17) is 21.1 Å². The van der Waals surface area contributed by atoms with Gasteiger partial charge >= 0.3 is 5.97 Å². The number of aliphatic carboxylic acids is 1. The lowest BCUT2D eigenvalue weighted by Crippen LogP contribution is -2.44. The highest BCUT2D eigenvalue weighted by Gasteiger charge is 2.44. The molecule has 3 aromatic rings. The van der Waals surface area contributed by atoms with Crippen LogP contribution in [-0.2, 0) is 11.3 Å².